The van der Waals surface area contributed by atoms with Gasteiger partial charge in [0.15, 0.2) is 5.75 Å². The van der Waals surface area contributed by atoms with Crippen LogP contribution in [-0.2, 0) is 13.2 Å². The van der Waals surface area contributed by atoms with Gasteiger partial charge in [-0.25, -0.2) is 0 Å². The third kappa shape index (κ3) is 3.87. The first kappa shape index (κ1) is 18.1. The van der Waals surface area contributed by atoms with Crippen molar-refractivity contribution in [2.75, 3.05) is 7.11 Å². The number of rotatable bonds is 7. The molecule has 0 fully saturated rings. The summed E-state index contributed by atoms with van der Waals surface area (Å²) in [6, 6.07) is 19.2. The van der Waals surface area contributed by atoms with Crippen LogP contribution < -0.4 is 14.8 Å². The molecule has 1 amide bonds. The maximum atomic E-state index is 12.8. The first-order chi connectivity index (χ1) is 13.7. The molecule has 0 radical (unpaired) electrons. The van der Waals surface area contributed by atoms with Crippen LogP contribution in [-0.4, -0.2) is 13.0 Å². The van der Waals surface area contributed by atoms with Gasteiger partial charge in [-0.15, -0.1) is 11.3 Å². The summed E-state index contributed by atoms with van der Waals surface area (Å²) in [6.07, 6.45) is 1.58. The van der Waals surface area contributed by atoms with Crippen molar-refractivity contribution in [1.82, 2.24) is 5.32 Å². The minimum absolute atomic E-state index is 0.195. The van der Waals surface area contributed by atoms with Crippen LogP contribution in [0.4, 0.5) is 0 Å². The highest BCUT2D eigenvalue weighted by molar-refractivity contribution is 7.21. The van der Waals surface area contributed by atoms with Crippen molar-refractivity contribution >= 4 is 27.3 Å². The number of carbonyl (C=O) groups excluding carboxylic acids is 1. The number of hydrogen-bond acceptors (Lipinski definition) is 5. The minimum atomic E-state index is -0.195. The first-order valence-electron chi connectivity index (χ1n) is 8.82. The van der Waals surface area contributed by atoms with Crippen LogP contribution in [0.25, 0.3) is 10.1 Å². The Bertz CT molecular complexity index is 1070. The molecule has 4 rings (SSSR count). The molecule has 4 aromatic rings. The Morgan fingerprint density at radius 2 is 1.96 bits per heavy atom. The van der Waals surface area contributed by atoms with E-state index in [1.165, 1.54) is 11.3 Å². The van der Waals surface area contributed by atoms with Crippen molar-refractivity contribution in [2.24, 2.45) is 0 Å². The molecule has 5 nitrogen and oxygen atoms in total. The lowest BCUT2D eigenvalue weighted by Crippen LogP contribution is -2.22. The Morgan fingerprint density at radius 1 is 1.11 bits per heavy atom. The fourth-order valence-corrected chi connectivity index (χ4v) is 3.96. The predicted molar refractivity (Wildman–Crippen MR) is 109 cm³/mol. The van der Waals surface area contributed by atoms with E-state index in [4.69, 9.17) is 13.9 Å². The van der Waals surface area contributed by atoms with Crippen LogP contribution in [0.15, 0.2) is 71.3 Å². The number of fused-ring (bicyclic) bond motifs is 1. The number of methoxy groups -OCH3 is 1. The van der Waals surface area contributed by atoms with Gasteiger partial charge in [-0.3, -0.25) is 4.79 Å². The van der Waals surface area contributed by atoms with Crippen LogP contribution in [0, 0.1) is 0 Å². The molecule has 6 heteroatoms. The molecule has 142 valence electrons. The van der Waals surface area contributed by atoms with Crippen molar-refractivity contribution in [3.63, 3.8) is 0 Å². The van der Waals surface area contributed by atoms with Crippen molar-refractivity contribution in [2.45, 2.75) is 13.2 Å². The summed E-state index contributed by atoms with van der Waals surface area (Å²) < 4.78 is 17.6. The topological polar surface area (TPSA) is 60.7 Å². The molecule has 0 bridgehead atoms. The van der Waals surface area contributed by atoms with Crippen molar-refractivity contribution in [1.29, 1.82) is 0 Å². The lowest BCUT2D eigenvalue weighted by atomic mass is 10.2. The molecule has 0 aliphatic carbocycles. The molecule has 1 N–H and O–H groups in total. The monoisotopic (exact) mass is 393 g/mol. The highest BCUT2D eigenvalue weighted by Gasteiger charge is 2.20. The van der Waals surface area contributed by atoms with Gasteiger partial charge in [0.05, 0.1) is 19.9 Å². The van der Waals surface area contributed by atoms with Crippen LogP contribution >= 0.6 is 11.3 Å². The normalized spacial score (nSPS) is 10.8. The van der Waals surface area contributed by atoms with Gasteiger partial charge in [0.25, 0.3) is 5.91 Å². The largest absolute Gasteiger partial charge is 0.497 e. The quantitative estimate of drug-likeness (QED) is 0.479. The van der Waals surface area contributed by atoms with Gasteiger partial charge in [0, 0.05) is 10.1 Å². The molecule has 0 aliphatic heterocycles. The van der Waals surface area contributed by atoms with Crippen LogP contribution in [0.1, 0.15) is 21.0 Å². The second-order valence-corrected chi connectivity index (χ2v) is 7.21. The van der Waals surface area contributed by atoms with E-state index in [2.05, 4.69) is 5.32 Å². The molecule has 0 unspecified atom stereocenters. The standard InChI is InChI=1S/C22H19NO4S/c1-25-16-9-10-18-19(12-16)28-21(22(24)23-13-17-8-5-11-26-17)20(18)27-14-15-6-3-2-4-7-15/h2-12H,13-14H2,1H3,(H,23,24). The number of hydrogen-bond donors (Lipinski definition) is 1. The van der Waals surface area contributed by atoms with Crippen molar-refractivity contribution in [3.8, 4) is 11.5 Å². The Hall–Kier alpha value is -3.25. The second kappa shape index (κ2) is 8.19. The van der Waals surface area contributed by atoms with Gasteiger partial charge in [0.2, 0.25) is 0 Å². The van der Waals surface area contributed by atoms with E-state index in [0.29, 0.717) is 29.5 Å². The average molecular weight is 393 g/mol. The fourth-order valence-electron chi connectivity index (χ4n) is 2.86. The molecule has 0 saturated carbocycles. The summed E-state index contributed by atoms with van der Waals surface area (Å²) in [6.45, 7) is 0.707. The zero-order chi connectivity index (χ0) is 19.3. The van der Waals surface area contributed by atoms with E-state index in [0.717, 1.165) is 21.4 Å². The molecule has 0 saturated heterocycles. The predicted octanol–water partition coefficient (Wildman–Crippen LogP) is 5.01. The third-order valence-corrected chi connectivity index (χ3v) is 5.42. The minimum Gasteiger partial charge on any atom is -0.497 e. The Kier molecular flexibility index (Phi) is 5.30. The smallest absolute Gasteiger partial charge is 0.265 e. The van der Waals surface area contributed by atoms with Crippen molar-refractivity contribution in [3.05, 3.63) is 83.1 Å². The molecular formula is C22H19NO4S. The first-order valence-corrected chi connectivity index (χ1v) is 9.64. The van der Waals surface area contributed by atoms with E-state index >= 15 is 0 Å². The summed E-state index contributed by atoms with van der Waals surface area (Å²) in [5.41, 5.74) is 1.04. The molecule has 0 atom stereocenters. The summed E-state index contributed by atoms with van der Waals surface area (Å²) in [5, 5.41) is 3.79. The average Bonchev–Trinajstić information content (AvgIpc) is 3.38. The molecule has 0 spiro atoms. The van der Waals surface area contributed by atoms with Crippen molar-refractivity contribution < 1.29 is 18.7 Å². The molecule has 28 heavy (non-hydrogen) atoms. The van der Waals surface area contributed by atoms with Gasteiger partial charge < -0.3 is 19.2 Å². The number of carbonyl (C=O) groups is 1. The molecule has 2 aromatic heterocycles. The van der Waals surface area contributed by atoms with E-state index in [1.807, 2.05) is 54.6 Å². The lowest BCUT2D eigenvalue weighted by Gasteiger charge is -2.09. The zero-order valence-corrected chi connectivity index (χ0v) is 16.1. The Morgan fingerprint density at radius 3 is 2.71 bits per heavy atom. The molecular weight excluding hydrogens is 374 g/mol. The molecule has 2 heterocycles. The number of furan rings is 1. The summed E-state index contributed by atoms with van der Waals surface area (Å²) >= 11 is 1.39. The zero-order valence-electron chi connectivity index (χ0n) is 15.3. The Balaban J connectivity index is 1.63. The van der Waals surface area contributed by atoms with Crippen LogP contribution in [0.3, 0.4) is 0 Å². The number of amides is 1. The van der Waals surface area contributed by atoms with E-state index < -0.39 is 0 Å². The molecule has 2 aromatic carbocycles. The Labute approximate surface area is 166 Å². The number of benzene rings is 2. The SMILES string of the molecule is COc1ccc2c(OCc3ccccc3)c(C(=O)NCc3ccco3)sc2c1. The van der Waals surface area contributed by atoms with Gasteiger partial charge >= 0.3 is 0 Å². The van der Waals surface area contributed by atoms with Crippen LogP contribution in [0.5, 0.6) is 11.5 Å². The third-order valence-electron chi connectivity index (χ3n) is 4.29. The lowest BCUT2D eigenvalue weighted by molar-refractivity contribution is 0.0948. The highest BCUT2D eigenvalue weighted by Crippen LogP contribution is 2.40. The van der Waals surface area contributed by atoms with Crippen LogP contribution in [0.2, 0.25) is 0 Å². The number of thiophene rings is 1. The van der Waals surface area contributed by atoms with Gasteiger partial charge in [-0.1, -0.05) is 30.3 Å². The van der Waals surface area contributed by atoms with Gasteiger partial charge in [-0.2, -0.15) is 0 Å². The summed E-state index contributed by atoms with van der Waals surface area (Å²) in [7, 11) is 1.62. The maximum Gasteiger partial charge on any atom is 0.265 e. The fraction of sp³-hybridized carbons (Fsp3) is 0.136. The van der Waals surface area contributed by atoms with E-state index in [1.54, 1.807) is 19.4 Å². The summed E-state index contributed by atoms with van der Waals surface area (Å²) in [4.78, 5) is 13.4. The number of nitrogens with one attached hydrogen (secondary N) is 1. The van der Waals surface area contributed by atoms with Gasteiger partial charge in [-0.05, 0) is 35.9 Å². The van der Waals surface area contributed by atoms with E-state index in [9.17, 15) is 4.79 Å². The highest BCUT2D eigenvalue weighted by atomic mass is 32.1. The van der Waals surface area contributed by atoms with Gasteiger partial charge in [0.1, 0.15) is 23.0 Å². The maximum absolute atomic E-state index is 12.8. The second-order valence-electron chi connectivity index (χ2n) is 6.16. The van der Waals surface area contributed by atoms with E-state index in [-0.39, 0.29) is 5.91 Å². The summed E-state index contributed by atoms with van der Waals surface area (Å²) in [5.74, 6) is 1.83. The number of ether oxygens (including phenoxy) is 2. The molecule has 0 aliphatic rings.